The first-order chi connectivity index (χ1) is 15.7. The molecule has 3 rings (SSSR count). The summed E-state index contributed by atoms with van der Waals surface area (Å²) in [5.74, 6) is -2.85. The van der Waals surface area contributed by atoms with Crippen LogP contribution in [0.25, 0.3) is 0 Å². The zero-order valence-electron chi connectivity index (χ0n) is 17.9. The molecule has 0 radical (unpaired) electrons. The summed E-state index contributed by atoms with van der Waals surface area (Å²) in [7, 11) is 0. The molecular formula is C21H23N3O8S. The number of carboxylic acids is 1. The molecule has 1 aromatic carbocycles. The Bertz CT molecular complexity index is 996. The number of carbonyl (C=O) groups excluding carboxylic acids is 4. The molecule has 0 saturated carbocycles. The Morgan fingerprint density at radius 2 is 1.94 bits per heavy atom. The van der Waals surface area contributed by atoms with E-state index in [-0.39, 0.29) is 24.7 Å². The van der Waals surface area contributed by atoms with E-state index in [9.17, 15) is 29.1 Å². The van der Waals surface area contributed by atoms with Gasteiger partial charge in [0, 0.05) is 18.2 Å². The lowest BCUT2D eigenvalue weighted by Crippen LogP contribution is -2.71. The minimum absolute atomic E-state index is 0.221. The number of ether oxygens (including phenoxy) is 2. The van der Waals surface area contributed by atoms with E-state index in [0.29, 0.717) is 11.3 Å². The predicted molar refractivity (Wildman–Crippen MR) is 116 cm³/mol. The van der Waals surface area contributed by atoms with Gasteiger partial charge in [-0.3, -0.25) is 24.1 Å². The van der Waals surface area contributed by atoms with Gasteiger partial charge in [-0.1, -0.05) is 18.2 Å². The molecule has 33 heavy (non-hydrogen) atoms. The maximum absolute atomic E-state index is 12.6. The van der Waals surface area contributed by atoms with Gasteiger partial charge >= 0.3 is 11.9 Å². The predicted octanol–water partition coefficient (Wildman–Crippen LogP) is -0.128. The topological polar surface area (TPSA) is 151 Å². The van der Waals surface area contributed by atoms with Gasteiger partial charge in [-0.15, -0.1) is 11.8 Å². The third-order valence-corrected chi connectivity index (χ3v) is 6.22. The van der Waals surface area contributed by atoms with E-state index < -0.39 is 47.1 Å². The van der Waals surface area contributed by atoms with Crippen LogP contribution in [0.3, 0.4) is 0 Å². The minimum Gasteiger partial charge on any atom is -0.484 e. The summed E-state index contributed by atoms with van der Waals surface area (Å²) in [4.78, 5) is 61.0. The number of hydrogen-bond donors (Lipinski definition) is 3. The van der Waals surface area contributed by atoms with Gasteiger partial charge in [0.25, 0.3) is 11.8 Å². The van der Waals surface area contributed by atoms with Gasteiger partial charge in [-0.25, -0.2) is 4.79 Å². The molecule has 1 aromatic rings. The highest BCUT2D eigenvalue weighted by molar-refractivity contribution is 8.00. The van der Waals surface area contributed by atoms with Crippen LogP contribution in [-0.4, -0.2) is 76.1 Å². The molecular weight excluding hydrogens is 454 g/mol. The Morgan fingerprint density at radius 3 is 2.58 bits per heavy atom. The molecule has 3 atom stereocenters. The molecule has 2 aliphatic rings. The van der Waals surface area contributed by atoms with Crippen LogP contribution in [-0.2, 0) is 28.7 Å². The van der Waals surface area contributed by atoms with E-state index in [1.54, 1.807) is 24.3 Å². The maximum Gasteiger partial charge on any atom is 0.352 e. The van der Waals surface area contributed by atoms with Crippen molar-refractivity contribution in [2.75, 3.05) is 19.0 Å². The first-order valence-corrected chi connectivity index (χ1v) is 11.0. The first kappa shape index (κ1) is 24.1. The number of fused-ring (bicyclic) bond motifs is 1. The van der Waals surface area contributed by atoms with Crippen LogP contribution in [0.4, 0.5) is 0 Å². The van der Waals surface area contributed by atoms with Crippen molar-refractivity contribution >= 4 is 41.4 Å². The van der Waals surface area contributed by atoms with E-state index in [4.69, 9.17) is 9.47 Å². The van der Waals surface area contributed by atoms with E-state index in [1.807, 2.05) is 6.07 Å². The number of thioether (sulfide) groups is 1. The number of para-hydroxylation sites is 1. The number of nitrogens with zero attached hydrogens (tertiary/aromatic N) is 1. The largest absolute Gasteiger partial charge is 0.484 e. The van der Waals surface area contributed by atoms with Crippen LogP contribution in [0, 0.1) is 0 Å². The van der Waals surface area contributed by atoms with Crippen molar-refractivity contribution in [1.29, 1.82) is 0 Å². The quantitative estimate of drug-likeness (QED) is 0.326. The van der Waals surface area contributed by atoms with Gasteiger partial charge < -0.3 is 25.2 Å². The highest BCUT2D eigenvalue weighted by atomic mass is 32.2. The second-order valence-corrected chi connectivity index (χ2v) is 8.43. The Balaban J connectivity index is 1.55. The van der Waals surface area contributed by atoms with E-state index in [2.05, 4.69) is 10.6 Å². The second kappa shape index (κ2) is 10.4. The van der Waals surface area contributed by atoms with Crippen LogP contribution in [0.15, 0.2) is 41.6 Å². The Hall–Kier alpha value is -3.54. The number of carbonyl (C=O) groups is 5. The molecule has 0 unspecified atom stereocenters. The molecule has 0 aromatic heterocycles. The number of amides is 3. The van der Waals surface area contributed by atoms with E-state index in [1.165, 1.54) is 25.6 Å². The number of carboxylic acid groups (broad SMARTS) is 1. The normalized spacial score (nSPS) is 20.2. The van der Waals surface area contributed by atoms with Crippen LogP contribution in [0.5, 0.6) is 5.75 Å². The fourth-order valence-electron chi connectivity index (χ4n) is 3.28. The number of aliphatic carboxylic acids is 1. The van der Waals surface area contributed by atoms with Crippen molar-refractivity contribution in [3.05, 3.63) is 41.6 Å². The molecule has 0 spiro atoms. The third-order valence-electron chi connectivity index (χ3n) is 4.88. The zero-order chi connectivity index (χ0) is 24.1. The lowest BCUT2D eigenvalue weighted by molar-refractivity contribution is -0.151. The fraction of sp³-hybridized carbons (Fsp3) is 0.381. The summed E-state index contributed by atoms with van der Waals surface area (Å²) in [6.07, 6.45) is 0. The molecule has 11 nitrogen and oxygen atoms in total. The standard InChI is InChI=1S/C21H23N3O8S/c1-11(22-15(26)9-32-14-6-4-3-5-7-14)18(27)23-16-19(28)24-17(21(29)30)13(8-31-12(2)25)10-33-20(16)24/h3-7,11,16,20H,8-10H2,1-2H3,(H,22,26)(H,23,27)(H,29,30)/t11-,16+,20+/m0/s1. The van der Waals surface area contributed by atoms with Gasteiger partial charge in [0.2, 0.25) is 5.91 Å². The second-order valence-electron chi connectivity index (χ2n) is 7.32. The highest BCUT2D eigenvalue weighted by Crippen LogP contribution is 2.40. The van der Waals surface area contributed by atoms with E-state index >= 15 is 0 Å². The van der Waals surface area contributed by atoms with Crippen molar-refractivity contribution in [2.24, 2.45) is 0 Å². The van der Waals surface area contributed by atoms with Crippen molar-refractivity contribution in [2.45, 2.75) is 31.3 Å². The number of benzene rings is 1. The molecule has 0 aliphatic carbocycles. The van der Waals surface area contributed by atoms with Crippen molar-refractivity contribution in [3.8, 4) is 5.75 Å². The minimum atomic E-state index is -1.32. The average molecular weight is 477 g/mol. The van der Waals surface area contributed by atoms with Crippen molar-refractivity contribution in [3.63, 3.8) is 0 Å². The van der Waals surface area contributed by atoms with Gasteiger partial charge in [0.15, 0.2) is 6.61 Å². The summed E-state index contributed by atoms with van der Waals surface area (Å²) in [6.45, 7) is 2.15. The van der Waals surface area contributed by atoms with Gasteiger partial charge in [-0.2, -0.15) is 0 Å². The third kappa shape index (κ3) is 5.64. The molecule has 2 aliphatic heterocycles. The first-order valence-electron chi connectivity index (χ1n) is 10.00. The summed E-state index contributed by atoms with van der Waals surface area (Å²) < 4.78 is 10.2. The highest BCUT2D eigenvalue weighted by Gasteiger charge is 2.54. The van der Waals surface area contributed by atoms with Gasteiger partial charge in [-0.05, 0) is 19.1 Å². The number of rotatable bonds is 9. The van der Waals surface area contributed by atoms with Crippen molar-refractivity contribution < 1.29 is 38.6 Å². The van der Waals surface area contributed by atoms with Crippen LogP contribution < -0.4 is 15.4 Å². The number of hydrogen-bond acceptors (Lipinski definition) is 8. The van der Waals surface area contributed by atoms with Crippen LogP contribution in [0.2, 0.25) is 0 Å². The molecule has 1 saturated heterocycles. The number of β-lactam (4-membered cyclic amide) rings is 1. The molecule has 0 bridgehead atoms. The molecule has 3 N–H and O–H groups in total. The lowest BCUT2D eigenvalue weighted by atomic mass is 10.0. The Kier molecular flexibility index (Phi) is 7.59. The SMILES string of the molecule is CC(=O)OCC1=C(C(=O)O)N2C(=O)[C@@H](NC(=O)[C@H](C)NC(=O)COc3ccccc3)[C@H]2SC1. The Labute approximate surface area is 193 Å². The van der Waals surface area contributed by atoms with Gasteiger partial charge in [0.1, 0.15) is 35.5 Å². The summed E-state index contributed by atoms with van der Waals surface area (Å²) >= 11 is 1.25. The summed E-state index contributed by atoms with van der Waals surface area (Å²) in [5.41, 5.74) is 0.0611. The molecule has 3 amide bonds. The molecule has 1 fully saturated rings. The molecule has 12 heteroatoms. The summed E-state index contributed by atoms with van der Waals surface area (Å²) in [6, 6.07) is 6.83. The Morgan fingerprint density at radius 1 is 1.24 bits per heavy atom. The number of nitrogens with one attached hydrogen (secondary N) is 2. The lowest BCUT2D eigenvalue weighted by Gasteiger charge is -2.49. The van der Waals surface area contributed by atoms with Crippen LogP contribution in [0.1, 0.15) is 13.8 Å². The molecule has 176 valence electrons. The fourth-order valence-corrected chi connectivity index (χ4v) is 4.60. The van der Waals surface area contributed by atoms with Gasteiger partial charge in [0.05, 0.1) is 0 Å². The van der Waals surface area contributed by atoms with E-state index in [0.717, 1.165) is 4.90 Å². The maximum atomic E-state index is 12.6. The van der Waals surface area contributed by atoms with Crippen molar-refractivity contribution in [1.82, 2.24) is 15.5 Å². The smallest absolute Gasteiger partial charge is 0.352 e. The zero-order valence-corrected chi connectivity index (χ0v) is 18.7. The summed E-state index contributed by atoms with van der Waals surface area (Å²) in [5, 5.41) is 14.0. The number of esters is 1. The monoisotopic (exact) mass is 477 g/mol. The molecule has 2 heterocycles. The van der Waals surface area contributed by atoms with Crippen LogP contribution >= 0.6 is 11.8 Å². The average Bonchev–Trinajstić information content (AvgIpc) is 2.79.